The van der Waals surface area contributed by atoms with E-state index in [0.29, 0.717) is 17.7 Å². The van der Waals surface area contributed by atoms with E-state index in [1.807, 2.05) is 6.92 Å². The lowest BCUT2D eigenvalue weighted by atomic mass is 10.0. The van der Waals surface area contributed by atoms with Crippen LogP contribution in [-0.4, -0.2) is 45.0 Å². The van der Waals surface area contributed by atoms with Gasteiger partial charge in [0, 0.05) is 11.2 Å². The van der Waals surface area contributed by atoms with Crippen molar-refractivity contribution in [2.45, 2.75) is 55.7 Å². The average Bonchev–Trinajstić information content (AvgIpc) is 2.95. The minimum atomic E-state index is -4.18. The molecule has 9 nitrogen and oxygen atoms in total. The molecule has 0 N–H and O–H groups in total. The molecule has 41 heavy (non-hydrogen) atoms. The van der Waals surface area contributed by atoms with Crippen molar-refractivity contribution < 1.29 is 36.4 Å². The zero-order valence-corrected chi connectivity index (χ0v) is 25.5. The van der Waals surface area contributed by atoms with Crippen LogP contribution < -0.4 is 4.74 Å². The zero-order valence-electron chi connectivity index (χ0n) is 23.8. The maximum absolute atomic E-state index is 13.7. The molecule has 0 radical (unpaired) electrons. The Bertz CT molecular complexity index is 1640. The smallest absolute Gasteiger partial charge is 0.341 e. The summed E-state index contributed by atoms with van der Waals surface area (Å²) in [5.41, 5.74) is 1.73. The summed E-state index contributed by atoms with van der Waals surface area (Å²) < 4.78 is 59.1. The fraction of sp³-hybridized carbons (Fsp3) is 0.333. The number of unbranched alkanes of at least 4 members (excludes halogenated alkanes) is 3. The number of benzene rings is 3. The highest BCUT2D eigenvalue weighted by atomic mass is 32.3. The van der Waals surface area contributed by atoms with Crippen molar-refractivity contribution >= 4 is 31.7 Å². The van der Waals surface area contributed by atoms with Crippen LogP contribution in [0.4, 0.5) is 0 Å². The van der Waals surface area contributed by atoms with Crippen LogP contribution in [0.15, 0.2) is 74.2 Å². The van der Waals surface area contributed by atoms with Gasteiger partial charge in [-0.2, -0.15) is 8.42 Å². The van der Waals surface area contributed by atoms with Crippen LogP contribution in [0.25, 0.3) is 0 Å². The van der Waals surface area contributed by atoms with E-state index in [4.69, 9.17) is 14.2 Å². The number of ether oxygens (including phenoxy) is 3. The van der Waals surface area contributed by atoms with Gasteiger partial charge in [0.15, 0.2) is 0 Å². The standard InChI is InChI=1S/C30H35NO8S2/c1-6-7-8-9-10-22-19-25(40(5,34)31-41(35,36)24-14-11-21(2)12-15-24)16-18-27(22)39-28-17-13-23(29(32)37-3)20-26(28)30(33)38-4/h11-20H,6-10H2,1-5H3. The highest BCUT2D eigenvalue weighted by Gasteiger charge is 2.21. The Labute approximate surface area is 242 Å². The van der Waals surface area contributed by atoms with Crippen LogP contribution >= 0.6 is 0 Å². The molecule has 0 aliphatic carbocycles. The van der Waals surface area contributed by atoms with Crippen molar-refractivity contribution in [1.29, 1.82) is 0 Å². The lowest BCUT2D eigenvalue weighted by Crippen LogP contribution is -2.09. The number of methoxy groups -OCH3 is 2. The normalized spacial score (nSPS) is 12.7. The van der Waals surface area contributed by atoms with Gasteiger partial charge in [0.05, 0.1) is 34.4 Å². The number of sulfonamides is 1. The molecule has 0 saturated carbocycles. The summed E-state index contributed by atoms with van der Waals surface area (Å²) in [7, 11) is -5.09. The number of hydrogen-bond donors (Lipinski definition) is 0. The van der Waals surface area contributed by atoms with Gasteiger partial charge < -0.3 is 14.2 Å². The summed E-state index contributed by atoms with van der Waals surface area (Å²) in [5.74, 6) is -0.790. The molecule has 0 aliphatic rings. The van der Waals surface area contributed by atoms with Crippen LogP contribution in [0.1, 0.15) is 64.4 Å². The third kappa shape index (κ3) is 8.17. The van der Waals surface area contributed by atoms with Gasteiger partial charge in [-0.15, -0.1) is 3.77 Å². The molecule has 3 rings (SSSR count). The lowest BCUT2D eigenvalue weighted by molar-refractivity contribution is 0.0597. The summed E-state index contributed by atoms with van der Waals surface area (Å²) >= 11 is 0. The van der Waals surface area contributed by atoms with Crippen molar-refractivity contribution in [3.8, 4) is 11.5 Å². The van der Waals surface area contributed by atoms with Crippen LogP contribution in [0.2, 0.25) is 0 Å². The number of hydrogen-bond acceptors (Lipinski definition) is 8. The SMILES string of the molecule is CCCCCCc1cc(S(C)(=O)=NS(=O)(=O)c2ccc(C)cc2)ccc1Oc1ccc(C(=O)OC)cc1C(=O)OC. The highest BCUT2D eigenvalue weighted by Crippen LogP contribution is 2.33. The summed E-state index contributed by atoms with van der Waals surface area (Å²) in [4.78, 5) is 24.7. The Morgan fingerprint density at radius 3 is 2.05 bits per heavy atom. The first kappa shape index (κ1) is 31.8. The van der Waals surface area contributed by atoms with E-state index in [9.17, 15) is 22.2 Å². The second kappa shape index (κ2) is 13.8. The number of rotatable bonds is 12. The van der Waals surface area contributed by atoms with Gasteiger partial charge in [-0.05, 0) is 73.9 Å². The van der Waals surface area contributed by atoms with Gasteiger partial charge in [0.25, 0.3) is 10.0 Å². The van der Waals surface area contributed by atoms with Crippen molar-refractivity contribution in [2.75, 3.05) is 20.5 Å². The third-order valence-corrected chi connectivity index (χ3v) is 10.3. The summed E-state index contributed by atoms with van der Waals surface area (Å²) in [5, 5.41) is 0. The number of esters is 2. The van der Waals surface area contributed by atoms with Gasteiger partial charge in [-0.25, -0.2) is 13.8 Å². The van der Waals surface area contributed by atoms with Crippen molar-refractivity contribution in [3.05, 3.63) is 82.9 Å². The first-order valence-corrected chi connectivity index (χ1v) is 16.4. The summed E-state index contributed by atoms with van der Waals surface area (Å²) in [6, 6.07) is 15.2. The molecule has 220 valence electrons. The van der Waals surface area contributed by atoms with Gasteiger partial charge in [-0.1, -0.05) is 43.9 Å². The van der Waals surface area contributed by atoms with E-state index in [1.165, 1.54) is 56.9 Å². The van der Waals surface area contributed by atoms with Crippen molar-refractivity contribution in [3.63, 3.8) is 0 Å². The van der Waals surface area contributed by atoms with Crippen LogP contribution in [0, 0.1) is 6.92 Å². The first-order chi connectivity index (χ1) is 19.4. The zero-order chi connectivity index (χ0) is 30.2. The van der Waals surface area contributed by atoms with Gasteiger partial charge in [0.2, 0.25) is 0 Å². The van der Waals surface area contributed by atoms with E-state index in [2.05, 4.69) is 10.7 Å². The highest BCUT2D eigenvalue weighted by molar-refractivity contribution is 8.03. The molecule has 0 aromatic heterocycles. The molecule has 3 aromatic carbocycles. The third-order valence-electron chi connectivity index (χ3n) is 6.35. The Kier molecular flexibility index (Phi) is 10.7. The van der Waals surface area contributed by atoms with E-state index >= 15 is 0 Å². The number of nitrogens with zero attached hydrogens (tertiary/aromatic N) is 1. The number of carbonyl (C=O) groups is 2. The maximum Gasteiger partial charge on any atom is 0.341 e. The number of carbonyl (C=O) groups excluding carboxylic acids is 2. The fourth-order valence-electron chi connectivity index (χ4n) is 4.06. The van der Waals surface area contributed by atoms with Crippen LogP contribution in [0.3, 0.4) is 0 Å². The molecule has 0 heterocycles. The van der Waals surface area contributed by atoms with Gasteiger partial charge in [-0.3, -0.25) is 0 Å². The largest absolute Gasteiger partial charge is 0.465 e. The molecule has 1 atom stereocenters. The first-order valence-electron chi connectivity index (χ1n) is 13.1. The van der Waals surface area contributed by atoms with E-state index in [1.54, 1.807) is 24.3 Å². The maximum atomic E-state index is 13.7. The topological polar surface area (TPSA) is 125 Å². The van der Waals surface area contributed by atoms with E-state index < -0.39 is 31.7 Å². The Morgan fingerprint density at radius 1 is 0.780 bits per heavy atom. The average molecular weight is 602 g/mol. The molecule has 3 aromatic rings. The Hall–Kier alpha value is -3.70. The van der Waals surface area contributed by atoms with E-state index in [-0.39, 0.29) is 26.7 Å². The van der Waals surface area contributed by atoms with Crippen molar-refractivity contribution in [1.82, 2.24) is 0 Å². The second-order valence-electron chi connectivity index (χ2n) is 9.54. The summed E-state index contributed by atoms with van der Waals surface area (Å²) in [6.07, 6.45) is 5.67. The number of aryl methyl sites for hydroxylation is 2. The molecule has 0 saturated heterocycles. The molecule has 11 heteroatoms. The minimum Gasteiger partial charge on any atom is -0.465 e. The molecule has 0 aliphatic heterocycles. The molecular formula is C30H35NO8S2. The predicted molar refractivity (Wildman–Crippen MR) is 157 cm³/mol. The molecule has 0 spiro atoms. The molecule has 1 unspecified atom stereocenters. The molecular weight excluding hydrogens is 566 g/mol. The second-order valence-corrected chi connectivity index (χ2v) is 13.6. The Balaban J connectivity index is 2.06. The lowest BCUT2D eigenvalue weighted by Gasteiger charge is -2.16. The monoisotopic (exact) mass is 601 g/mol. The predicted octanol–water partition coefficient (Wildman–Crippen LogP) is 6.33. The van der Waals surface area contributed by atoms with Gasteiger partial charge in [0.1, 0.15) is 17.1 Å². The van der Waals surface area contributed by atoms with Gasteiger partial charge >= 0.3 is 11.9 Å². The van der Waals surface area contributed by atoms with E-state index in [0.717, 1.165) is 31.2 Å². The van der Waals surface area contributed by atoms with Crippen LogP contribution in [0.5, 0.6) is 11.5 Å². The minimum absolute atomic E-state index is 0.0230. The Morgan fingerprint density at radius 2 is 1.41 bits per heavy atom. The molecule has 0 amide bonds. The summed E-state index contributed by atoms with van der Waals surface area (Å²) in [6.45, 7) is 3.94. The van der Waals surface area contributed by atoms with Crippen molar-refractivity contribution in [2.24, 2.45) is 3.77 Å². The molecule has 0 bridgehead atoms. The quantitative estimate of drug-likeness (QED) is 0.174. The molecule has 0 fully saturated rings. The fourth-order valence-corrected chi connectivity index (χ4v) is 7.41. The van der Waals surface area contributed by atoms with Crippen LogP contribution in [-0.2, 0) is 35.6 Å².